The van der Waals surface area contributed by atoms with Gasteiger partial charge in [-0.1, -0.05) is 24.3 Å². The Morgan fingerprint density at radius 2 is 1.66 bits per heavy atom. The number of nitrogens with one attached hydrogen (secondary N) is 1. The van der Waals surface area contributed by atoms with E-state index in [2.05, 4.69) is 20.2 Å². The fourth-order valence-electron chi connectivity index (χ4n) is 3.72. The highest BCUT2D eigenvalue weighted by Crippen LogP contribution is 2.29. The van der Waals surface area contributed by atoms with Crippen molar-refractivity contribution in [2.24, 2.45) is 0 Å². The number of aryl methyl sites for hydroxylation is 2. The van der Waals surface area contributed by atoms with E-state index in [4.69, 9.17) is 0 Å². The second-order valence-electron chi connectivity index (χ2n) is 7.63. The topological polar surface area (TPSA) is 58.1 Å². The van der Waals surface area contributed by atoms with Crippen molar-refractivity contribution in [1.82, 2.24) is 9.97 Å². The van der Waals surface area contributed by atoms with E-state index >= 15 is 0 Å². The monoisotopic (exact) mass is 386 g/mol. The van der Waals surface area contributed by atoms with Crippen molar-refractivity contribution < 1.29 is 4.79 Å². The molecule has 1 aliphatic heterocycles. The summed E-state index contributed by atoms with van der Waals surface area (Å²) in [5.41, 5.74) is 5.48. The van der Waals surface area contributed by atoms with Gasteiger partial charge in [-0.25, -0.2) is 4.98 Å². The molecule has 1 amide bonds. The molecule has 2 aromatic carbocycles. The molecule has 0 unspecified atom stereocenters. The zero-order valence-corrected chi connectivity index (χ0v) is 17.0. The summed E-state index contributed by atoms with van der Waals surface area (Å²) in [6.07, 6.45) is 7.13. The van der Waals surface area contributed by atoms with E-state index < -0.39 is 0 Å². The van der Waals surface area contributed by atoms with Crippen molar-refractivity contribution in [3.63, 3.8) is 0 Å². The van der Waals surface area contributed by atoms with Crippen LogP contribution in [0.25, 0.3) is 11.3 Å². The van der Waals surface area contributed by atoms with E-state index in [1.165, 1.54) is 19.3 Å². The molecule has 5 heteroatoms. The van der Waals surface area contributed by atoms with E-state index in [-0.39, 0.29) is 5.91 Å². The lowest BCUT2D eigenvalue weighted by Crippen LogP contribution is -2.30. The van der Waals surface area contributed by atoms with Gasteiger partial charge >= 0.3 is 0 Å². The van der Waals surface area contributed by atoms with Crippen LogP contribution in [0.1, 0.15) is 40.7 Å². The summed E-state index contributed by atoms with van der Waals surface area (Å²) in [5, 5.41) is 3.01. The summed E-state index contributed by atoms with van der Waals surface area (Å²) >= 11 is 0. The summed E-state index contributed by atoms with van der Waals surface area (Å²) in [4.78, 5) is 24.2. The molecule has 0 radical (unpaired) electrons. The predicted molar refractivity (Wildman–Crippen MR) is 117 cm³/mol. The second-order valence-corrected chi connectivity index (χ2v) is 7.63. The maximum absolute atomic E-state index is 12.7. The minimum atomic E-state index is -0.111. The first-order chi connectivity index (χ1) is 14.1. The van der Waals surface area contributed by atoms with Crippen molar-refractivity contribution in [3.8, 4) is 11.3 Å². The van der Waals surface area contributed by atoms with Gasteiger partial charge in [0.05, 0.1) is 0 Å². The lowest BCUT2D eigenvalue weighted by molar-refractivity contribution is 0.102. The van der Waals surface area contributed by atoms with E-state index in [0.717, 1.165) is 47.0 Å². The molecule has 0 atom stereocenters. The van der Waals surface area contributed by atoms with E-state index in [0.29, 0.717) is 5.56 Å². The van der Waals surface area contributed by atoms with E-state index in [1.807, 2.05) is 56.3 Å². The number of rotatable bonds is 4. The van der Waals surface area contributed by atoms with Gasteiger partial charge in [0.1, 0.15) is 5.69 Å². The third kappa shape index (κ3) is 4.29. The van der Waals surface area contributed by atoms with Crippen molar-refractivity contribution >= 4 is 17.4 Å². The predicted octanol–water partition coefficient (Wildman–Crippen LogP) is 5.00. The highest BCUT2D eigenvalue weighted by Gasteiger charge is 2.18. The average molecular weight is 386 g/mol. The third-order valence-corrected chi connectivity index (χ3v) is 5.40. The van der Waals surface area contributed by atoms with Crippen molar-refractivity contribution in [3.05, 3.63) is 71.5 Å². The molecule has 5 nitrogen and oxygen atoms in total. The summed E-state index contributed by atoms with van der Waals surface area (Å²) in [6, 6.07) is 13.7. The van der Waals surface area contributed by atoms with Gasteiger partial charge in [-0.3, -0.25) is 9.78 Å². The molecule has 1 aliphatic rings. The van der Waals surface area contributed by atoms with E-state index in [1.54, 1.807) is 12.4 Å². The molecular weight excluding hydrogens is 360 g/mol. The van der Waals surface area contributed by atoms with Crippen LogP contribution in [-0.4, -0.2) is 29.0 Å². The number of hydrogen-bond donors (Lipinski definition) is 1. The molecule has 3 aromatic rings. The van der Waals surface area contributed by atoms with Gasteiger partial charge in [-0.05, 0) is 62.4 Å². The smallest absolute Gasteiger partial charge is 0.255 e. The van der Waals surface area contributed by atoms with Crippen molar-refractivity contribution in [1.29, 1.82) is 0 Å². The lowest BCUT2D eigenvalue weighted by Gasteiger charge is -2.28. The van der Waals surface area contributed by atoms with Crippen LogP contribution in [0.3, 0.4) is 0 Å². The molecule has 4 rings (SSSR count). The molecule has 1 saturated heterocycles. The SMILES string of the molecule is Cc1ccc(C)c(NC(=O)c2ccc(-c3nccnc3N3CCCCC3)cc2)c1. The minimum Gasteiger partial charge on any atom is -0.355 e. The first-order valence-electron chi connectivity index (χ1n) is 10.2. The van der Waals surface area contributed by atoms with Crippen LogP contribution in [0.4, 0.5) is 11.5 Å². The van der Waals surface area contributed by atoms with Crippen LogP contribution in [0, 0.1) is 13.8 Å². The van der Waals surface area contributed by atoms with Crippen molar-refractivity contribution in [2.75, 3.05) is 23.3 Å². The number of amides is 1. The number of nitrogens with zero attached hydrogens (tertiary/aromatic N) is 3. The highest BCUT2D eigenvalue weighted by molar-refractivity contribution is 6.05. The number of carbonyl (C=O) groups is 1. The highest BCUT2D eigenvalue weighted by atomic mass is 16.1. The second kappa shape index (κ2) is 8.43. The summed E-state index contributed by atoms with van der Waals surface area (Å²) in [5.74, 6) is 0.820. The number of hydrogen-bond acceptors (Lipinski definition) is 4. The number of aromatic nitrogens is 2. The number of anilines is 2. The van der Waals surface area contributed by atoms with Gasteiger partial charge in [0.25, 0.3) is 5.91 Å². The van der Waals surface area contributed by atoms with Crippen LogP contribution in [0.2, 0.25) is 0 Å². The Morgan fingerprint density at radius 1 is 0.931 bits per heavy atom. The molecule has 2 heterocycles. The summed E-state index contributed by atoms with van der Waals surface area (Å²) in [7, 11) is 0. The van der Waals surface area contributed by atoms with Crippen LogP contribution in [0.5, 0.6) is 0 Å². The largest absolute Gasteiger partial charge is 0.355 e. The molecule has 1 N–H and O–H groups in total. The maximum Gasteiger partial charge on any atom is 0.255 e. The molecule has 29 heavy (non-hydrogen) atoms. The normalized spacial score (nSPS) is 13.9. The average Bonchev–Trinajstić information content (AvgIpc) is 2.77. The summed E-state index contributed by atoms with van der Waals surface area (Å²) < 4.78 is 0. The van der Waals surface area contributed by atoms with Crippen LogP contribution >= 0.6 is 0 Å². The number of carbonyl (C=O) groups excluding carboxylic acids is 1. The Balaban J connectivity index is 1.55. The van der Waals surface area contributed by atoms with Gasteiger partial charge in [0.2, 0.25) is 0 Å². The van der Waals surface area contributed by atoms with Crippen LogP contribution in [0.15, 0.2) is 54.9 Å². The molecule has 1 aromatic heterocycles. The molecule has 148 valence electrons. The van der Waals surface area contributed by atoms with Crippen LogP contribution < -0.4 is 10.2 Å². The van der Waals surface area contributed by atoms with Gasteiger partial charge in [0, 0.05) is 42.3 Å². The number of piperidine rings is 1. The first-order valence-corrected chi connectivity index (χ1v) is 10.2. The van der Waals surface area contributed by atoms with Gasteiger partial charge in [-0.15, -0.1) is 0 Å². The molecule has 1 fully saturated rings. The Bertz CT molecular complexity index is 1010. The summed E-state index contributed by atoms with van der Waals surface area (Å²) in [6.45, 7) is 6.04. The lowest BCUT2D eigenvalue weighted by atomic mass is 10.1. The Morgan fingerprint density at radius 3 is 2.41 bits per heavy atom. The Labute approximate surface area is 171 Å². The quantitative estimate of drug-likeness (QED) is 0.685. The zero-order chi connectivity index (χ0) is 20.2. The van der Waals surface area contributed by atoms with Gasteiger partial charge < -0.3 is 10.2 Å². The third-order valence-electron chi connectivity index (χ3n) is 5.40. The molecule has 0 saturated carbocycles. The zero-order valence-electron chi connectivity index (χ0n) is 17.0. The van der Waals surface area contributed by atoms with Gasteiger partial charge in [0.15, 0.2) is 5.82 Å². The Kier molecular flexibility index (Phi) is 5.56. The maximum atomic E-state index is 12.7. The van der Waals surface area contributed by atoms with Crippen molar-refractivity contribution in [2.45, 2.75) is 33.1 Å². The molecule has 0 aliphatic carbocycles. The van der Waals surface area contributed by atoms with E-state index in [9.17, 15) is 4.79 Å². The fraction of sp³-hybridized carbons (Fsp3) is 0.292. The van der Waals surface area contributed by atoms with Crippen LogP contribution in [-0.2, 0) is 0 Å². The molecule has 0 spiro atoms. The fourth-order valence-corrected chi connectivity index (χ4v) is 3.72. The molecular formula is C24H26N4O. The number of benzene rings is 2. The molecule has 0 bridgehead atoms. The first kappa shape index (κ1) is 19.1. The van der Waals surface area contributed by atoms with Gasteiger partial charge in [-0.2, -0.15) is 0 Å². The Hall–Kier alpha value is -3.21. The standard InChI is InChI=1S/C24H26N4O/c1-17-6-7-18(2)21(16-17)27-24(29)20-10-8-19(9-11-20)22-23(26-13-12-25-22)28-14-4-3-5-15-28/h6-13,16H,3-5,14-15H2,1-2H3,(H,27,29). The minimum absolute atomic E-state index is 0.111.